The number of carbonyl (C=O) groups is 1. The van der Waals surface area contributed by atoms with Crippen LogP contribution < -0.4 is 5.32 Å². The number of hydrogen-bond donors (Lipinski definition) is 1. The largest absolute Gasteiger partial charge is 0.360 e. The van der Waals surface area contributed by atoms with Crippen LogP contribution in [-0.2, 0) is 11.2 Å². The van der Waals surface area contributed by atoms with Crippen molar-refractivity contribution in [3.63, 3.8) is 0 Å². The summed E-state index contributed by atoms with van der Waals surface area (Å²) >= 11 is 3.06. The van der Waals surface area contributed by atoms with Gasteiger partial charge in [-0.05, 0) is 44.1 Å². The molecule has 0 aliphatic carbocycles. The number of hydrogen-bond acceptors (Lipinski definition) is 6. The minimum Gasteiger partial charge on any atom is -0.360 e. The van der Waals surface area contributed by atoms with E-state index in [0.717, 1.165) is 61.2 Å². The summed E-state index contributed by atoms with van der Waals surface area (Å²) in [4.78, 5) is 14.9. The molecule has 1 aromatic carbocycles. The summed E-state index contributed by atoms with van der Waals surface area (Å²) in [6, 6.07) is 10.7. The van der Waals surface area contributed by atoms with Gasteiger partial charge in [0.2, 0.25) is 11.0 Å². The number of unbranched alkanes of at least 4 members (excludes halogenated alkanes) is 1. The van der Waals surface area contributed by atoms with E-state index in [9.17, 15) is 4.79 Å². The molecule has 2 heterocycles. The highest BCUT2D eigenvalue weighted by Crippen LogP contribution is 2.31. The lowest BCUT2D eigenvalue weighted by Crippen LogP contribution is -2.42. The van der Waals surface area contributed by atoms with Gasteiger partial charge >= 0.3 is 0 Å². The van der Waals surface area contributed by atoms with Crippen molar-refractivity contribution in [3.8, 4) is 0 Å². The van der Waals surface area contributed by atoms with E-state index in [1.165, 1.54) is 28.7 Å². The molecule has 0 radical (unpaired) electrons. The van der Waals surface area contributed by atoms with Crippen molar-refractivity contribution in [1.29, 1.82) is 0 Å². The Morgan fingerprint density at radius 3 is 2.75 bits per heavy atom. The maximum atomic E-state index is 12.8. The fourth-order valence-corrected chi connectivity index (χ4v) is 5.47. The van der Waals surface area contributed by atoms with Gasteiger partial charge in [0, 0.05) is 19.6 Å². The van der Waals surface area contributed by atoms with E-state index in [1.807, 2.05) is 11.8 Å². The van der Waals surface area contributed by atoms with Crippen LogP contribution in [0.4, 0.5) is 5.13 Å². The Hall–Kier alpha value is -1.60. The van der Waals surface area contributed by atoms with Crippen LogP contribution in [0.15, 0.2) is 34.7 Å². The summed E-state index contributed by atoms with van der Waals surface area (Å²) in [5.74, 6) is 0.896. The molecular formula is C21H30N4OS2. The normalized spacial score (nSPS) is 16.1. The van der Waals surface area contributed by atoms with Crippen molar-refractivity contribution in [2.24, 2.45) is 5.92 Å². The zero-order valence-electron chi connectivity index (χ0n) is 16.8. The second kappa shape index (κ2) is 10.8. The first-order valence-electron chi connectivity index (χ1n) is 10.2. The molecule has 1 amide bonds. The molecule has 1 aliphatic rings. The zero-order valence-corrected chi connectivity index (χ0v) is 18.4. The molecule has 1 saturated heterocycles. The standard InChI is InChI=1S/C21H30N4OS2/c1-3-4-12-22-20-23-24-21(28-20)27-16(2)19(26)25-13-10-18(11-14-25)15-17-8-6-5-7-9-17/h5-9,16,18H,3-4,10-15H2,1-2H3,(H,22,23). The number of anilines is 1. The Balaban J connectivity index is 1.43. The van der Waals surface area contributed by atoms with Crippen LogP contribution in [-0.4, -0.2) is 45.9 Å². The van der Waals surface area contributed by atoms with Crippen molar-refractivity contribution in [2.45, 2.75) is 55.5 Å². The van der Waals surface area contributed by atoms with E-state index >= 15 is 0 Å². The summed E-state index contributed by atoms with van der Waals surface area (Å²) in [5, 5.41) is 12.4. The van der Waals surface area contributed by atoms with Gasteiger partial charge in [-0.15, -0.1) is 10.2 Å². The second-order valence-corrected chi connectivity index (χ2v) is 9.94. The van der Waals surface area contributed by atoms with Crippen LogP contribution in [0.3, 0.4) is 0 Å². The summed E-state index contributed by atoms with van der Waals surface area (Å²) < 4.78 is 0.860. The second-order valence-electron chi connectivity index (χ2n) is 7.37. The summed E-state index contributed by atoms with van der Waals surface area (Å²) in [6.07, 6.45) is 5.56. The van der Waals surface area contributed by atoms with E-state index in [2.05, 4.69) is 52.8 Å². The third kappa shape index (κ3) is 6.21. The monoisotopic (exact) mass is 418 g/mol. The fourth-order valence-electron chi connectivity index (χ4n) is 3.46. The predicted molar refractivity (Wildman–Crippen MR) is 118 cm³/mol. The molecule has 2 aromatic rings. The molecule has 1 N–H and O–H groups in total. The van der Waals surface area contributed by atoms with Crippen LogP contribution in [0.2, 0.25) is 0 Å². The lowest BCUT2D eigenvalue weighted by Gasteiger charge is -2.33. The molecule has 28 heavy (non-hydrogen) atoms. The number of nitrogens with zero attached hydrogens (tertiary/aromatic N) is 3. The summed E-state index contributed by atoms with van der Waals surface area (Å²) in [7, 11) is 0. The molecule has 1 aromatic heterocycles. The van der Waals surface area contributed by atoms with Crippen LogP contribution in [0.1, 0.15) is 45.1 Å². The third-order valence-electron chi connectivity index (χ3n) is 5.13. The van der Waals surface area contributed by atoms with Crippen molar-refractivity contribution >= 4 is 34.1 Å². The fraction of sp³-hybridized carbons (Fsp3) is 0.571. The molecule has 3 rings (SSSR count). The quantitative estimate of drug-likeness (QED) is 0.472. The molecule has 1 aliphatic heterocycles. The van der Waals surface area contributed by atoms with Gasteiger partial charge in [-0.3, -0.25) is 4.79 Å². The minimum atomic E-state index is -0.123. The zero-order chi connectivity index (χ0) is 19.8. The van der Waals surface area contributed by atoms with Crippen LogP contribution in [0.5, 0.6) is 0 Å². The van der Waals surface area contributed by atoms with Crippen molar-refractivity contribution in [2.75, 3.05) is 25.0 Å². The predicted octanol–water partition coefficient (Wildman–Crippen LogP) is 4.71. The highest BCUT2D eigenvalue weighted by atomic mass is 32.2. The van der Waals surface area contributed by atoms with Crippen LogP contribution >= 0.6 is 23.1 Å². The van der Waals surface area contributed by atoms with Crippen molar-refractivity contribution in [3.05, 3.63) is 35.9 Å². The molecule has 0 saturated carbocycles. The number of carbonyl (C=O) groups excluding carboxylic acids is 1. The minimum absolute atomic E-state index is 0.123. The van der Waals surface area contributed by atoms with Crippen molar-refractivity contribution < 1.29 is 4.79 Å². The van der Waals surface area contributed by atoms with Gasteiger partial charge in [0.25, 0.3) is 0 Å². The Morgan fingerprint density at radius 1 is 1.29 bits per heavy atom. The molecule has 152 valence electrons. The Labute approximate surface area is 176 Å². The molecular weight excluding hydrogens is 388 g/mol. The first-order valence-corrected chi connectivity index (χ1v) is 11.9. The van der Waals surface area contributed by atoms with Crippen LogP contribution in [0, 0.1) is 5.92 Å². The number of amides is 1. The van der Waals surface area contributed by atoms with Gasteiger partial charge in [-0.1, -0.05) is 66.8 Å². The molecule has 1 atom stereocenters. The van der Waals surface area contributed by atoms with E-state index in [1.54, 1.807) is 0 Å². The molecule has 5 nitrogen and oxygen atoms in total. The SMILES string of the molecule is CCCCNc1nnc(SC(C)C(=O)N2CCC(Cc3ccccc3)CC2)s1. The van der Waals surface area contributed by atoms with Gasteiger partial charge in [0.1, 0.15) is 0 Å². The number of piperidine rings is 1. The number of aromatic nitrogens is 2. The Morgan fingerprint density at radius 2 is 2.04 bits per heavy atom. The average molecular weight is 419 g/mol. The van der Waals surface area contributed by atoms with E-state index in [-0.39, 0.29) is 11.2 Å². The molecule has 1 fully saturated rings. The number of nitrogens with one attached hydrogen (secondary N) is 1. The number of thioether (sulfide) groups is 1. The van der Waals surface area contributed by atoms with Gasteiger partial charge in [-0.25, -0.2) is 0 Å². The van der Waals surface area contributed by atoms with Crippen LogP contribution in [0.25, 0.3) is 0 Å². The lowest BCUT2D eigenvalue weighted by molar-refractivity contribution is -0.131. The topological polar surface area (TPSA) is 58.1 Å². The van der Waals surface area contributed by atoms with Gasteiger partial charge in [0.15, 0.2) is 4.34 Å². The first-order chi connectivity index (χ1) is 13.7. The van der Waals surface area contributed by atoms with Gasteiger partial charge in [0.05, 0.1) is 5.25 Å². The highest BCUT2D eigenvalue weighted by Gasteiger charge is 2.27. The van der Waals surface area contributed by atoms with E-state index < -0.39 is 0 Å². The van der Waals surface area contributed by atoms with Crippen molar-refractivity contribution in [1.82, 2.24) is 15.1 Å². The number of rotatable bonds is 9. The van der Waals surface area contributed by atoms with E-state index in [4.69, 9.17) is 0 Å². The van der Waals surface area contributed by atoms with E-state index in [0.29, 0.717) is 5.92 Å². The third-order valence-corrected chi connectivity index (χ3v) is 7.18. The van der Waals surface area contributed by atoms with Gasteiger partial charge < -0.3 is 10.2 Å². The maximum Gasteiger partial charge on any atom is 0.235 e. The Kier molecular flexibility index (Phi) is 8.15. The first kappa shape index (κ1) is 21.1. The lowest BCUT2D eigenvalue weighted by atomic mass is 9.90. The number of likely N-dealkylation sites (tertiary alicyclic amines) is 1. The average Bonchev–Trinajstić information content (AvgIpc) is 3.16. The summed E-state index contributed by atoms with van der Waals surface area (Å²) in [6.45, 7) is 6.79. The molecule has 0 spiro atoms. The summed E-state index contributed by atoms with van der Waals surface area (Å²) in [5.41, 5.74) is 1.40. The molecule has 7 heteroatoms. The Bertz CT molecular complexity index is 729. The van der Waals surface area contributed by atoms with Gasteiger partial charge in [-0.2, -0.15) is 0 Å². The smallest absolute Gasteiger partial charge is 0.235 e. The highest BCUT2D eigenvalue weighted by molar-refractivity contribution is 8.02. The molecule has 1 unspecified atom stereocenters. The maximum absolute atomic E-state index is 12.8. The molecule has 0 bridgehead atoms. The number of benzene rings is 1.